The maximum atomic E-state index is 12.8. The van der Waals surface area contributed by atoms with Gasteiger partial charge in [-0.15, -0.1) is 0 Å². The van der Waals surface area contributed by atoms with Crippen molar-refractivity contribution in [3.63, 3.8) is 0 Å². The predicted molar refractivity (Wildman–Crippen MR) is 223 cm³/mol. The fourth-order valence-electron chi connectivity index (χ4n) is 6.77. The van der Waals surface area contributed by atoms with Gasteiger partial charge in [-0.2, -0.15) is 0 Å². The van der Waals surface area contributed by atoms with Crippen LogP contribution >= 0.6 is 7.82 Å². The van der Waals surface area contributed by atoms with Crippen molar-refractivity contribution < 1.29 is 33.5 Å². The molecule has 4 atom stereocenters. The Labute approximate surface area is 327 Å². The molecule has 0 bridgehead atoms. The van der Waals surface area contributed by atoms with Gasteiger partial charge in [-0.3, -0.25) is 13.8 Å². The lowest BCUT2D eigenvalue weighted by molar-refractivity contribution is -0.124. The fourth-order valence-corrected chi connectivity index (χ4v) is 7.52. The Bertz CT molecular complexity index is 862. The number of phosphoric acid groups is 1. The first-order chi connectivity index (χ1) is 25.8. The van der Waals surface area contributed by atoms with Gasteiger partial charge in [0.25, 0.3) is 0 Å². The molecule has 0 aliphatic rings. The Hall–Kier alpha value is -0.800. The zero-order chi connectivity index (χ0) is 39.1. The van der Waals surface area contributed by atoms with Crippen LogP contribution in [0.25, 0.3) is 0 Å². The number of phosphoric ester groups is 1. The number of hydrogen-bond donors (Lipinski definition) is 5. The van der Waals surface area contributed by atoms with Crippen LogP contribution in [0.15, 0.2) is 12.2 Å². The summed E-state index contributed by atoms with van der Waals surface area (Å²) in [6, 6.07) is -0.977. The van der Waals surface area contributed by atoms with E-state index in [4.69, 9.17) is 14.8 Å². The molecule has 4 unspecified atom stereocenters. The van der Waals surface area contributed by atoms with Crippen molar-refractivity contribution in [1.29, 1.82) is 0 Å². The van der Waals surface area contributed by atoms with Crippen molar-refractivity contribution in [1.82, 2.24) is 5.32 Å². The van der Waals surface area contributed by atoms with Crippen LogP contribution in [0.2, 0.25) is 0 Å². The van der Waals surface area contributed by atoms with E-state index in [-0.39, 0.29) is 19.6 Å². The van der Waals surface area contributed by atoms with E-state index >= 15 is 0 Å². The number of allylic oxidation sites excluding steroid dienone is 1. The highest BCUT2D eigenvalue weighted by atomic mass is 31.2. The quantitative estimate of drug-likeness (QED) is 0.0233. The van der Waals surface area contributed by atoms with Crippen LogP contribution in [0.5, 0.6) is 0 Å². The zero-order valence-electron chi connectivity index (χ0n) is 34.6. The molecule has 0 aliphatic heterocycles. The Morgan fingerprint density at radius 2 is 1.04 bits per heavy atom. The molecule has 6 N–H and O–H groups in total. The molecule has 316 valence electrons. The first-order valence-corrected chi connectivity index (χ1v) is 23.9. The van der Waals surface area contributed by atoms with E-state index in [0.717, 1.165) is 38.5 Å². The van der Waals surface area contributed by atoms with Gasteiger partial charge in [0.05, 0.1) is 37.9 Å². The monoisotopic (exact) mass is 775 g/mol. The number of amides is 1. The van der Waals surface area contributed by atoms with Gasteiger partial charge in [-0.25, -0.2) is 4.57 Å². The number of aliphatic hydroxyl groups is 2. The van der Waals surface area contributed by atoms with Gasteiger partial charge in [0.1, 0.15) is 0 Å². The van der Waals surface area contributed by atoms with Gasteiger partial charge in [-0.05, 0) is 19.3 Å². The average Bonchev–Trinajstić information content (AvgIpc) is 3.13. The molecule has 0 spiro atoms. The van der Waals surface area contributed by atoms with E-state index in [1.807, 2.05) is 6.08 Å². The van der Waals surface area contributed by atoms with Crippen LogP contribution in [0.4, 0.5) is 0 Å². The van der Waals surface area contributed by atoms with Crippen LogP contribution in [0.3, 0.4) is 0 Å². The Morgan fingerprint density at radius 3 is 1.45 bits per heavy atom. The van der Waals surface area contributed by atoms with E-state index < -0.39 is 38.6 Å². The minimum Gasteiger partial charge on any atom is -0.393 e. The van der Waals surface area contributed by atoms with Crippen molar-refractivity contribution in [3.05, 3.63) is 12.2 Å². The topological polar surface area (TPSA) is 151 Å². The molecule has 9 nitrogen and oxygen atoms in total. The number of nitrogens with one attached hydrogen (secondary N) is 1. The standard InChI is InChI=1S/C43H87N2O7P/c1-3-5-7-9-11-13-15-16-17-18-19-20-21-22-23-24-25-27-29-31-33-35-42(47)41(39-52-53(49,50)51-37-36-44)45-43(48)38-40(46)34-32-30-28-26-14-12-10-8-6-4-2/h33,35,40-42,46-47H,3-32,34,36-39,44H2,1-2H3,(H,45,48)(H,49,50)/b35-33+. The van der Waals surface area contributed by atoms with Crippen molar-refractivity contribution in [2.24, 2.45) is 5.73 Å². The van der Waals surface area contributed by atoms with Gasteiger partial charge < -0.3 is 26.2 Å². The normalized spacial score (nSPS) is 14.8. The number of unbranched alkanes of at least 4 members (excludes halogenated alkanes) is 28. The minimum absolute atomic E-state index is 0.0514. The van der Waals surface area contributed by atoms with E-state index in [1.165, 1.54) is 154 Å². The summed E-state index contributed by atoms with van der Waals surface area (Å²) in [5.41, 5.74) is 5.36. The number of rotatable bonds is 42. The van der Waals surface area contributed by atoms with Crippen molar-refractivity contribution in [2.75, 3.05) is 19.8 Å². The zero-order valence-corrected chi connectivity index (χ0v) is 35.5. The molecule has 0 saturated carbocycles. The lowest BCUT2D eigenvalue weighted by Crippen LogP contribution is -2.46. The summed E-state index contributed by atoms with van der Waals surface area (Å²) in [6.45, 7) is 3.98. The third-order valence-corrected chi connectivity index (χ3v) is 11.2. The second-order valence-electron chi connectivity index (χ2n) is 15.5. The molecule has 10 heteroatoms. The number of aliphatic hydroxyl groups excluding tert-OH is 2. The molecular formula is C43H87N2O7P. The number of carbonyl (C=O) groups excluding carboxylic acids is 1. The third-order valence-electron chi connectivity index (χ3n) is 10.2. The highest BCUT2D eigenvalue weighted by Gasteiger charge is 2.27. The molecule has 0 fully saturated rings. The molecule has 0 saturated heterocycles. The summed E-state index contributed by atoms with van der Waals surface area (Å²) in [5, 5.41) is 24.0. The number of nitrogens with two attached hydrogens (primary N) is 1. The molecule has 0 aromatic carbocycles. The second-order valence-corrected chi connectivity index (χ2v) is 16.9. The summed E-state index contributed by atoms with van der Waals surface area (Å²) >= 11 is 0. The van der Waals surface area contributed by atoms with Crippen LogP contribution in [0.1, 0.15) is 219 Å². The second kappa shape index (κ2) is 39.4. The fraction of sp³-hybridized carbons (Fsp3) is 0.930. The Morgan fingerprint density at radius 1 is 0.642 bits per heavy atom. The van der Waals surface area contributed by atoms with Gasteiger partial charge in [-0.1, -0.05) is 206 Å². The third kappa shape index (κ3) is 37.9. The van der Waals surface area contributed by atoms with Crippen LogP contribution < -0.4 is 11.1 Å². The van der Waals surface area contributed by atoms with Crippen LogP contribution in [-0.4, -0.2) is 59.0 Å². The first-order valence-electron chi connectivity index (χ1n) is 22.4. The molecule has 0 radical (unpaired) electrons. The highest BCUT2D eigenvalue weighted by Crippen LogP contribution is 2.43. The Balaban J connectivity index is 4.23. The minimum atomic E-state index is -4.39. The van der Waals surface area contributed by atoms with Crippen LogP contribution in [-0.2, 0) is 18.4 Å². The van der Waals surface area contributed by atoms with E-state index in [0.29, 0.717) is 6.42 Å². The molecule has 0 heterocycles. The maximum absolute atomic E-state index is 12.8. The average molecular weight is 775 g/mol. The molecular weight excluding hydrogens is 687 g/mol. The van der Waals surface area contributed by atoms with Gasteiger partial charge >= 0.3 is 7.82 Å². The van der Waals surface area contributed by atoms with Crippen molar-refractivity contribution in [2.45, 2.75) is 238 Å². The van der Waals surface area contributed by atoms with Crippen molar-refractivity contribution >= 4 is 13.7 Å². The van der Waals surface area contributed by atoms with E-state index in [9.17, 15) is 24.5 Å². The molecule has 0 aromatic rings. The largest absolute Gasteiger partial charge is 0.472 e. The van der Waals surface area contributed by atoms with E-state index in [2.05, 4.69) is 19.2 Å². The maximum Gasteiger partial charge on any atom is 0.472 e. The molecule has 0 aliphatic carbocycles. The summed E-state index contributed by atoms with van der Waals surface area (Å²) < 4.78 is 22.1. The van der Waals surface area contributed by atoms with Gasteiger partial charge in [0.15, 0.2) is 0 Å². The molecule has 53 heavy (non-hydrogen) atoms. The first kappa shape index (κ1) is 52.2. The van der Waals surface area contributed by atoms with Crippen molar-refractivity contribution in [3.8, 4) is 0 Å². The smallest absolute Gasteiger partial charge is 0.393 e. The molecule has 0 rings (SSSR count). The van der Waals surface area contributed by atoms with Gasteiger partial charge in [0, 0.05) is 6.54 Å². The summed E-state index contributed by atoms with van der Waals surface area (Å²) in [7, 11) is -4.39. The number of carbonyl (C=O) groups is 1. The van der Waals surface area contributed by atoms with E-state index in [1.54, 1.807) is 6.08 Å². The lowest BCUT2D eigenvalue weighted by Gasteiger charge is -2.24. The number of hydrogen-bond acceptors (Lipinski definition) is 7. The summed E-state index contributed by atoms with van der Waals surface area (Å²) in [4.78, 5) is 22.7. The summed E-state index contributed by atoms with van der Waals surface area (Å²) in [5.74, 6) is -0.444. The van der Waals surface area contributed by atoms with Crippen LogP contribution in [0, 0.1) is 0 Å². The molecule has 1 amide bonds. The summed E-state index contributed by atoms with van der Waals surface area (Å²) in [6.07, 6.45) is 40.2. The Kier molecular flexibility index (Phi) is 38.8. The SMILES string of the molecule is CCCCCCCCCCCCCCCCCCCCC/C=C/C(O)C(COP(=O)(O)OCCN)NC(=O)CC(O)CCCCCCCCCCCC. The van der Waals surface area contributed by atoms with Gasteiger partial charge in [0.2, 0.25) is 5.91 Å². The highest BCUT2D eigenvalue weighted by molar-refractivity contribution is 7.47. The lowest BCUT2D eigenvalue weighted by atomic mass is 10.0. The predicted octanol–water partition coefficient (Wildman–Crippen LogP) is 11.4. The molecule has 0 aromatic heterocycles.